The lowest BCUT2D eigenvalue weighted by atomic mass is 10.2. The van der Waals surface area contributed by atoms with Crippen LogP contribution in [0.5, 0.6) is 0 Å². The van der Waals surface area contributed by atoms with E-state index in [1.807, 2.05) is 18.2 Å². The Hall–Kier alpha value is -3.15. The molecule has 0 aliphatic carbocycles. The molecule has 0 unspecified atom stereocenters. The van der Waals surface area contributed by atoms with Gasteiger partial charge in [0.2, 0.25) is 0 Å². The van der Waals surface area contributed by atoms with Crippen LogP contribution in [0, 0.1) is 0 Å². The van der Waals surface area contributed by atoms with Crippen LogP contribution >= 0.6 is 0 Å². The summed E-state index contributed by atoms with van der Waals surface area (Å²) >= 11 is 0. The molecular formula is C15H11N3O3. The number of para-hydroxylation sites is 1. The van der Waals surface area contributed by atoms with Crippen LogP contribution < -0.4 is 5.32 Å². The second kappa shape index (κ2) is 5.09. The Bertz CT molecular complexity index is 839. The van der Waals surface area contributed by atoms with Gasteiger partial charge >= 0.3 is 5.97 Å². The number of carboxylic acid groups (broad SMARTS) is 1. The highest BCUT2D eigenvalue weighted by atomic mass is 16.4. The summed E-state index contributed by atoms with van der Waals surface area (Å²) in [6, 6.07) is 13.3. The number of hydrogen-bond acceptors (Lipinski definition) is 3. The number of nitrogens with one attached hydrogen (secondary N) is 2. The molecule has 0 spiro atoms. The normalized spacial score (nSPS) is 10.5. The van der Waals surface area contributed by atoms with Crippen molar-refractivity contribution in [1.82, 2.24) is 10.2 Å². The van der Waals surface area contributed by atoms with Crippen LogP contribution in [-0.2, 0) is 0 Å². The van der Waals surface area contributed by atoms with E-state index in [2.05, 4.69) is 15.5 Å². The molecule has 1 heterocycles. The van der Waals surface area contributed by atoms with Gasteiger partial charge in [-0.05, 0) is 24.3 Å². The molecule has 0 saturated heterocycles. The lowest BCUT2D eigenvalue weighted by Gasteiger charge is -2.04. The number of carbonyl (C=O) groups is 2. The first kappa shape index (κ1) is 12.9. The summed E-state index contributed by atoms with van der Waals surface area (Å²) in [5, 5.41) is 19.1. The Morgan fingerprint density at radius 1 is 1.10 bits per heavy atom. The molecule has 3 aromatic rings. The zero-order valence-electron chi connectivity index (χ0n) is 10.8. The van der Waals surface area contributed by atoms with Crippen molar-refractivity contribution in [2.75, 3.05) is 5.32 Å². The fraction of sp³-hybridized carbons (Fsp3) is 0. The monoisotopic (exact) mass is 281 g/mol. The molecule has 1 aromatic heterocycles. The van der Waals surface area contributed by atoms with Crippen LogP contribution in [0.1, 0.15) is 20.8 Å². The number of carboxylic acids is 1. The Balaban J connectivity index is 1.90. The van der Waals surface area contributed by atoms with Crippen molar-refractivity contribution in [3.8, 4) is 0 Å². The number of carbonyl (C=O) groups excluding carboxylic acids is 1. The van der Waals surface area contributed by atoms with Gasteiger partial charge in [0.15, 0.2) is 5.69 Å². The number of H-pyrrole nitrogens is 1. The summed E-state index contributed by atoms with van der Waals surface area (Å²) in [6.07, 6.45) is 0. The summed E-state index contributed by atoms with van der Waals surface area (Å²) in [7, 11) is 0. The molecule has 2 aromatic carbocycles. The van der Waals surface area contributed by atoms with Gasteiger partial charge in [0, 0.05) is 11.1 Å². The van der Waals surface area contributed by atoms with E-state index in [4.69, 9.17) is 5.11 Å². The van der Waals surface area contributed by atoms with Crippen LogP contribution in [0.15, 0.2) is 48.5 Å². The third-order valence-electron chi connectivity index (χ3n) is 3.05. The molecule has 0 atom stereocenters. The molecule has 0 radical (unpaired) electrons. The van der Waals surface area contributed by atoms with Crippen LogP contribution in [0.3, 0.4) is 0 Å². The predicted octanol–water partition coefficient (Wildman–Crippen LogP) is 2.51. The number of nitrogens with zero attached hydrogens (tertiary/aromatic N) is 1. The van der Waals surface area contributed by atoms with Gasteiger partial charge in [-0.25, -0.2) is 4.79 Å². The minimum absolute atomic E-state index is 0.111. The maximum Gasteiger partial charge on any atom is 0.335 e. The zero-order valence-corrected chi connectivity index (χ0v) is 10.8. The summed E-state index contributed by atoms with van der Waals surface area (Å²) in [4.78, 5) is 23.1. The molecule has 0 aliphatic rings. The quantitative estimate of drug-likeness (QED) is 0.687. The molecule has 3 N–H and O–H groups in total. The van der Waals surface area contributed by atoms with Gasteiger partial charge in [0.1, 0.15) is 0 Å². The number of benzene rings is 2. The number of aromatic amines is 1. The van der Waals surface area contributed by atoms with Gasteiger partial charge < -0.3 is 10.4 Å². The first-order valence-corrected chi connectivity index (χ1v) is 6.23. The van der Waals surface area contributed by atoms with Crippen LogP contribution in [-0.4, -0.2) is 27.2 Å². The van der Waals surface area contributed by atoms with Gasteiger partial charge in [0.05, 0.1) is 11.1 Å². The molecule has 3 rings (SSSR count). The Morgan fingerprint density at radius 2 is 1.90 bits per heavy atom. The number of rotatable bonds is 3. The van der Waals surface area contributed by atoms with Gasteiger partial charge in [-0.2, -0.15) is 5.10 Å². The third-order valence-corrected chi connectivity index (χ3v) is 3.05. The number of fused-ring (bicyclic) bond motifs is 1. The molecular weight excluding hydrogens is 270 g/mol. The summed E-state index contributed by atoms with van der Waals surface area (Å²) < 4.78 is 0. The molecule has 0 saturated carbocycles. The fourth-order valence-corrected chi connectivity index (χ4v) is 2.06. The largest absolute Gasteiger partial charge is 0.478 e. The fourth-order valence-electron chi connectivity index (χ4n) is 2.06. The maximum absolute atomic E-state index is 12.2. The van der Waals surface area contributed by atoms with E-state index in [1.165, 1.54) is 12.1 Å². The van der Waals surface area contributed by atoms with Crippen molar-refractivity contribution >= 4 is 28.5 Å². The smallest absolute Gasteiger partial charge is 0.335 e. The lowest BCUT2D eigenvalue weighted by molar-refractivity contribution is 0.0696. The van der Waals surface area contributed by atoms with Crippen LogP contribution in [0.25, 0.3) is 10.9 Å². The predicted molar refractivity (Wildman–Crippen MR) is 77.4 cm³/mol. The Labute approximate surface area is 119 Å². The highest BCUT2D eigenvalue weighted by Crippen LogP contribution is 2.17. The SMILES string of the molecule is O=C(O)c1cccc(NC(=O)c2n[nH]c3ccccc23)c1. The standard InChI is InChI=1S/C15H11N3O3/c19-14(13-11-6-1-2-7-12(11)17-18-13)16-10-5-3-4-9(8-10)15(20)21/h1-8H,(H,16,19)(H,17,18)(H,20,21). The summed E-state index contributed by atoms with van der Waals surface area (Å²) in [5.74, 6) is -1.44. The molecule has 6 heteroatoms. The Morgan fingerprint density at radius 3 is 2.71 bits per heavy atom. The van der Waals surface area contributed by atoms with Crippen LogP contribution in [0.2, 0.25) is 0 Å². The molecule has 6 nitrogen and oxygen atoms in total. The number of hydrogen-bond donors (Lipinski definition) is 3. The second-order valence-electron chi connectivity index (χ2n) is 4.46. The minimum Gasteiger partial charge on any atom is -0.478 e. The van der Waals surface area contributed by atoms with Gasteiger partial charge in [-0.15, -0.1) is 0 Å². The highest BCUT2D eigenvalue weighted by molar-refractivity contribution is 6.11. The van der Waals surface area contributed by atoms with Crippen LogP contribution in [0.4, 0.5) is 5.69 Å². The molecule has 0 aliphatic heterocycles. The van der Waals surface area contributed by atoms with E-state index < -0.39 is 11.9 Å². The molecule has 0 fully saturated rings. The Kier molecular flexibility index (Phi) is 3.12. The third kappa shape index (κ3) is 2.46. The first-order chi connectivity index (χ1) is 10.1. The van der Waals surface area contributed by atoms with Gasteiger partial charge in [-0.3, -0.25) is 9.89 Å². The summed E-state index contributed by atoms with van der Waals surface area (Å²) in [6.45, 7) is 0. The first-order valence-electron chi connectivity index (χ1n) is 6.23. The topological polar surface area (TPSA) is 95.1 Å². The van der Waals surface area contributed by atoms with E-state index in [9.17, 15) is 9.59 Å². The zero-order chi connectivity index (χ0) is 14.8. The number of anilines is 1. The molecule has 104 valence electrons. The van der Waals surface area contributed by atoms with Crippen molar-refractivity contribution < 1.29 is 14.7 Å². The van der Waals surface area contributed by atoms with Gasteiger partial charge in [-0.1, -0.05) is 24.3 Å². The highest BCUT2D eigenvalue weighted by Gasteiger charge is 2.14. The maximum atomic E-state index is 12.2. The summed E-state index contributed by atoms with van der Waals surface area (Å²) in [5.41, 5.74) is 1.56. The number of amides is 1. The number of aromatic carboxylic acids is 1. The van der Waals surface area contributed by atoms with Crippen molar-refractivity contribution in [3.63, 3.8) is 0 Å². The molecule has 0 bridgehead atoms. The van der Waals surface area contributed by atoms with E-state index in [1.54, 1.807) is 18.2 Å². The molecule has 21 heavy (non-hydrogen) atoms. The van der Waals surface area contributed by atoms with E-state index in [-0.39, 0.29) is 11.3 Å². The molecule has 1 amide bonds. The van der Waals surface area contributed by atoms with E-state index in [0.29, 0.717) is 11.1 Å². The van der Waals surface area contributed by atoms with Crippen molar-refractivity contribution in [3.05, 3.63) is 59.8 Å². The average molecular weight is 281 g/mol. The van der Waals surface area contributed by atoms with Crippen molar-refractivity contribution in [2.24, 2.45) is 0 Å². The van der Waals surface area contributed by atoms with Crippen molar-refractivity contribution in [2.45, 2.75) is 0 Å². The van der Waals surface area contributed by atoms with E-state index in [0.717, 1.165) is 5.52 Å². The lowest BCUT2D eigenvalue weighted by Crippen LogP contribution is -2.13. The van der Waals surface area contributed by atoms with Crippen molar-refractivity contribution in [1.29, 1.82) is 0 Å². The van der Waals surface area contributed by atoms with Gasteiger partial charge in [0.25, 0.3) is 5.91 Å². The van der Waals surface area contributed by atoms with E-state index >= 15 is 0 Å². The minimum atomic E-state index is -1.05. The second-order valence-corrected chi connectivity index (χ2v) is 4.46. The number of aromatic nitrogens is 2. The average Bonchev–Trinajstić information content (AvgIpc) is 2.91.